The molecule has 0 aliphatic heterocycles. The first-order valence-electron chi connectivity index (χ1n) is 8.56. The number of rotatable bonds is 6. The molecule has 27 heavy (non-hydrogen) atoms. The van der Waals surface area contributed by atoms with E-state index in [-0.39, 0.29) is 17.9 Å². The van der Waals surface area contributed by atoms with E-state index in [0.29, 0.717) is 35.7 Å². The number of carbonyl (C=O) groups is 1. The first-order valence-corrected chi connectivity index (χ1v) is 8.56. The summed E-state index contributed by atoms with van der Waals surface area (Å²) in [7, 11) is 0. The molecule has 2 heterocycles. The predicted octanol–water partition coefficient (Wildman–Crippen LogP) is 2.51. The van der Waals surface area contributed by atoms with Crippen LogP contribution in [-0.2, 0) is 11.3 Å². The van der Waals surface area contributed by atoms with Crippen LogP contribution in [0.15, 0.2) is 36.7 Å². The van der Waals surface area contributed by atoms with E-state index in [1.165, 1.54) is 10.7 Å². The standard InChI is InChI=1S/C19H19N5O3/c1-3-23(12-15-13(10-20)6-5-7-16(15)25)17-8-9-24-18(22-17)14(11-21-24)19(26)27-4-2/h5-9,11,25H,3-4,12H2,1-2H3. The van der Waals surface area contributed by atoms with Gasteiger partial charge >= 0.3 is 5.97 Å². The molecule has 0 atom stereocenters. The van der Waals surface area contributed by atoms with Gasteiger partial charge in [-0.05, 0) is 32.0 Å². The van der Waals surface area contributed by atoms with Gasteiger partial charge in [-0.2, -0.15) is 10.4 Å². The number of aromatic hydroxyl groups is 1. The minimum absolute atomic E-state index is 0.0603. The van der Waals surface area contributed by atoms with Crippen LogP contribution in [0.25, 0.3) is 5.65 Å². The lowest BCUT2D eigenvalue weighted by molar-refractivity contribution is 0.0528. The number of esters is 1. The van der Waals surface area contributed by atoms with Crippen LogP contribution in [0.3, 0.4) is 0 Å². The molecule has 3 rings (SSSR count). The van der Waals surface area contributed by atoms with Crippen LogP contribution in [0.4, 0.5) is 5.82 Å². The van der Waals surface area contributed by atoms with Crippen LogP contribution in [0.1, 0.15) is 35.3 Å². The summed E-state index contributed by atoms with van der Waals surface area (Å²) in [5.74, 6) is 0.181. The molecule has 0 spiro atoms. The predicted molar refractivity (Wildman–Crippen MR) is 98.5 cm³/mol. The van der Waals surface area contributed by atoms with Gasteiger partial charge in [-0.25, -0.2) is 14.3 Å². The van der Waals surface area contributed by atoms with Crippen LogP contribution in [0.5, 0.6) is 5.75 Å². The molecule has 3 aromatic rings. The normalized spacial score (nSPS) is 10.6. The largest absolute Gasteiger partial charge is 0.508 e. The second-order valence-electron chi connectivity index (χ2n) is 5.76. The summed E-state index contributed by atoms with van der Waals surface area (Å²) in [5, 5.41) is 23.6. The summed E-state index contributed by atoms with van der Waals surface area (Å²) >= 11 is 0. The maximum atomic E-state index is 12.1. The second kappa shape index (κ2) is 7.74. The summed E-state index contributed by atoms with van der Waals surface area (Å²) in [6.45, 7) is 4.84. The summed E-state index contributed by atoms with van der Waals surface area (Å²) in [5.41, 5.74) is 1.62. The molecule has 0 saturated carbocycles. The smallest absolute Gasteiger partial charge is 0.343 e. The van der Waals surface area contributed by atoms with Crippen molar-refractivity contribution in [3.63, 3.8) is 0 Å². The number of hydrogen-bond acceptors (Lipinski definition) is 7. The molecule has 8 heteroatoms. The third-order valence-corrected chi connectivity index (χ3v) is 4.18. The Bertz CT molecular complexity index is 1020. The zero-order valence-corrected chi connectivity index (χ0v) is 15.1. The van der Waals surface area contributed by atoms with E-state index in [2.05, 4.69) is 16.2 Å². The molecular formula is C19H19N5O3. The van der Waals surface area contributed by atoms with Crippen molar-refractivity contribution in [2.75, 3.05) is 18.1 Å². The molecule has 0 aliphatic rings. The fraction of sp³-hybridized carbons (Fsp3) is 0.263. The summed E-state index contributed by atoms with van der Waals surface area (Å²) < 4.78 is 6.55. The summed E-state index contributed by atoms with van der Waals surface area (Å²) in [6.07, 6.45) is 3.14. The molecule has 0 radical (unpaired) electrons. The SMILES string of the molecule is CCOC(=O)c1cnn2ccc(N(CC)Cc3c(O)cccc3C#N)nc12. The Morgan fingerprint density at radius 2 is 2.19 bits per heavy atom. The number of aromatic nitrogens is 3. The molecule has 1 N–H and O–H groups in total. The highest BCUT2D eigenvalue weighted by Crippen LogP contribution is 2.25. The Balaban J connectivity index is 1.99. The molecule has 1 aromatic carbocycles. The van der Waals surface area contributed by atoms with Crippen LogP contribution >= 0.6 is 0 Å². The van der Waals surface area contributed by atoms with E-state index in [1.54, 1.807) is 37.4 Å². The Morgan fingerprint density at radius 1 is 1.37 bits per heavy atom. The van der Waals surface area contributed by atoms with E-state index in [4.69, 9.17) is 4.74 Å². The van der Waals surface area contributed by atoms with Crippen molar-refractivity contribution in [1.82, 2.24) is 14.6 Å². The molecule has 0 bridgehead atoms. The van der Waals surface area contributed by atoms with Crippen LogP contribution < -0.4 is 4.90 Å². The monoisotopic (exact) mass is 365 g/mol. The number of nitriles is 1. The quantitative estimate of drug-likeness (QED) is 0.669. The molecule has 8 nitrogen and oxygen atoms in total. The van der Waals surface area contributed by atoms with Crippen molar-refractivity contribution in [3.05, 3.63) is 53.3 Å². The van der Waals surface area contributed by atoms with Gasteiger partial charge in [0, 0.05) is 24.8 Å². The topological polar surface area (TPSA) is 104 Å². The Morgan fingerprint density at radius 3 is 2.89 bits per heavy atom. The molecule has 2 aromatic heterocycles. The lowest BCUT2D eigenvalue weighted by Gasteiger charge is -2.23. The first-order chi connectivity index (χ1) is 13.1. The number of phenols is 1. The molecule has 0 saturated heterocycles. The lowest BCUT2D eigenvalue weighted by Crippen LogP contribution is -2.24. The maximum absolute atomic E-state index is 12.1. The highest BCUT2D eigenvalue weighted by Gasteiger charge is 2.18. The molecule has 0 unspecified atom stereocenters. The third kappa shape index (κ3) is 3.53. The summed E-state index contributed by atoms with van der Waals surface area (Å²) in [4.78, 5) is 18.5. The van der Waals surface area contributed by atoms with E-state index in [1.807, 2.05) is 11.8 Å². The molecule has 138 valence electrons. The molecule has 0 fully saturated rings. The van der Waals surface area contributed by atoms with Gasteiger partial charge in [0.25, 0.3) is 0 Å². The van der Waals surface area contributed by atoms with Gasteiger partial charge in [0.05, 0.1) is 24.4 Å². The van der Waals surface area contributed by atoms with Crippen molar-refractivity contribution in [3.8, 4) is 11.8 Å². The van der Waals surface area contributed by atoms with Gasteiger partial charge in [0.15, 0.2) is 5.65 Å². The van der Waals surface area contributed by atoms with Gasteiger partial charge in [-0.3, -0.25) is 0 Å². The number of nitrogens with zero attached hydrogens (tertiary/aromatic N) is 5. The third-order valence-electron chi connectivity index (χ3n) is 4.18. The Labute approximate surface area is 156 Å². The summed E-state index contributed by atoms with van der Waals surface area (Å²) in [6, 6.07) is 8.72. The maximum Gasteiger partial charge on any atom is 0.343 e. The van der Waals surface area contributed by atoms with Crippen molar-refractivity contribution in [1.29, 1.82) is 5.26 Å². The average molecular weight is 365 g/mol. The van der Waals surface area contributed by atoms with Gasteiger partial charge in [0.1, 0.15) is 17.1 Å². The van der Waals surface area contributed by atoms with Crippen molar-refractivity contribution in [2.45, 2.75) is 20.4 Å². The van der Waals surface area contributed by atoms with Gasteiger partial charge in [-0.1, -0.05) is 6.07 Å². The number of anilines is 1. The fourth-order valence-electron chi connectivity index (χ4n) is 2.78. The van der Waals surface area contributed by atoms with Crippen molar-refractivity contribution < 1.29 is 14.6 Å². The van der Waals surface area contributed by atoms with Crippen LogP contribution in [0, 0.1) is 11.3 Å². The van der Waals surface area contributed by atoms with Crippen molar-refractivity contribution >= 4 is 17.4 Å². The van der Waals surface area contributed by atoms with Gasteiger partial charge in [-0.15, -0.1) is 0 Å². The Hall–Kier alpha value is -3.60. The van der Waals surface area contributed by atoms with Gasteiger partial charge < -0.3 is 14.7 Å². The van der Waals surface area contributed by atoms with Crippen LogP contribution in [-0.4, -0.2) is 38.8 Å². The highest BCUT2D eigenvalue weighted by molar-refractivity contribution is 5.95. The second-order valence-corrected chi connectivity index (χ2v) is 5.76. The lowest BCUT2D eigenvalue weighted by atomic mass is 10.1. The zero-order valence-electron chi connectivity index (χ0n) is 15.1. The minimum atomic E-state index is -0.479. The number of fused-ring (bicyclic) bond motifs is 1. The molecule has 0 aliphatic carbocycles. The molecule has 0 amide bonds. The number of benzene rings is 1. The number of ether oxygens (including phenoxy) is 1. The number of phenolic OH excluding ortho intramolecular Hbond substituents is 1. The van der Waals surface area contributed by atoms with E-state index >= 15 is 0 Å². The fourth-order valence-corrected chi connectivity index (χ4v) is 2.78. The first kappa shape index (κ1) is 18.2. The van der Waals surface area contributed by atoms with E-state index < -0.39 is 5.97 Å². The zero-order chi connectivity index (χ0) is 19.4. The Kier molecular flexibility index (Phi) is 5.22. The number of carbonyl (C=O) groups excluding carboxylic acids is 1. The number of hydrogen-bond donors (Lipinski definition) is 1. The molecular weight excluding hydrogens is 346 g/mol. The van der Waals surface area contributed by atoms with Crippen molar-refractivity contribution in [2.24, 2.45) is 0 Å². The van der Waals surface area contributed by atoms with E-state index in [0.717, 1.165) is 0 Å². The van der Waals surface area contributed by atoms with Crippen LogP contribution in [0.2, 0.25) is 0 Å². The highest BCUT2D eigenvalue weighted by atomic mass is 16.5. The minimum Gasteiger partial charge on any atom is -0.508 e. The van der Waals surface area contributed by atoms with Gasteiger partial charge in [0.2, 0.25) is 0 Å². The van der Waals surface area contributed by atoms with E-state index in [9.17, 15) is 15.2 Å². The average Bonchev–Trinajstić information content (AvgIpc) is 3.10.